The Balaban J connectivity index is 0. The Kier molecular flexibility index (Phi) is 24.8. The average Bonchev–Trinajstić information content (AvgIpc) is 2.43. The maximum Gasteiger partial charge on any atom is 0.00772 e. The normalized spacial score (nSPS) is 10.5. The lowest BCUT2D eigenvalue weighted by Crippen LogP contribution is -2.35. The standard InChI is InChI=1S/C13H32N4S2.H2O/c1-3-14-7-8-16-11-12-17-10-9-15-6-5-13-19-18-4-2;/h14-17H,3-13H2,1-2H3;1H2. The lowest BCUT2D eigenvalue weighted by molar-refractivity contribution is 0.569. The number of nitrogens with one attached hydrogen (secondary N) is 4. The molecule has 0 bridgehead atoms. The van der Waals surface area contributed by atoms with E-state index in [4.69, 9.17) is 0 Å². The van der Waals surface area contributed by atoms with Gasteiger partial charge in [0, 0.05) is 50.8 Å². The van der Waals surface area contributed by atoms with Crippen LogP contribution in [0.3, 0.4) is 0 Å². The van der Waals surface area contributed by atoms with E-state index in [0.29, 0.717) is 0 Å². The largest absolute Gasteiger partial charge is 0.412 e. The summed E-state index contributed by atoms with van der Waals surface area (Å²) in [5.41, 5.74) is 0. The van der Waals surface area contributed by atoms with Gasteiger partial charge in [-0.3, -0.25) is 0 Å². The van der Waals surface area contributed by atoms with Gasteiger partial charge in [-0.2, -0.15) is 0 Å². The molecule has 124 valence electrons. The highest BCUT2D eigenvalue weighted by molar-refractivity contribution is 8.76. The maximum atomic E-state index is 3.47. The van der Waals surface area contributed by atoms with E-state index in [-0.39, 0.29) is 5.48 Å². The van der Waals surface area contributed by atoms with Gasteiger partial charge in [0.1, 0.15) is 0 Å². The molecule has 0 aliphatic carbocycles. The molecule has 0 radical (unpaired) electrons. The number of hydrogen-bond acceptors (Lipinski definition) is 6. The van der Waals surface area contributed by atoms with Crippen LogP contribution in [-0.2, 0) is 0 Å². The third kappa shape index (κ3) is 20.8. The van der Waals surface area contributed by atoms with Crippen molar-refractivity contribution in [3.8, 4) is 0 Å². The molecule has 0 aliphatic heterocycles. The van der Waals surface area contributed by atoms with Crippen LogP contribution < -0.4 is 21.3 Å². The molecule has 0 spiro atoms. The highest BCUT2D eigenvalue weighted by Crippen LogP contribution is 2.20. The van der Waals surface area contributed by atoms with E-state index in [1.165, 1.54) is 17.9 Å². The van der Waals surface area contributed by atoms with Crippen LogP contribution in [0.1, 0.15) is 20.3 Å². The number of rotatable bonds is 16. The molecule has 20 heavy (non-hydrogen) atoms. The molecular formula is C13H34N4OS2. The third-order valence-electron chi connectivity index (χ3n) is 2.47. The molecule has 0 saturated carbocycles. The van der Waals surface area contributed by atoms with Gasteiger partial charge in [-0.05, 0) is 19.5 Å². The molecule has 0 aromatic carbocycles. The first-order chi connectivity index (χ1) is 9.41. The molecule has 5 nitrogen and oxygen atoms in total. The monoisotopic (exact) mass is 326 g/mol. The Morgan fingerprint density at radius 1 is 0.650 bits per heavy atom. The Morgan fingerprint density at radius 3 is 1.65 bits per heavy atom. The number of hydrogen-bond donors (Lipinski definition) is 4. The second-order valence-corrected chi connectivity index (χ2v) is 7.06. The Hall–Kier alpha value is 0.500. The van der Waals surface area contributed by atoms with Crippen LogP contribution in [0.25, 0.3) is 0 Å². The zero-order chi connectivity index (χ0) is 14.0. The topological polar surface area (TPSA) is 79.6 Å². The molecule has 0 aromatic rings. The van der Waals surface area contributed by atoms with E-state index in [1.54, 1.807) is 0 Å². The quantitative estimate of drug-likeness (QED) is 0.242. The van der Waals surface area contributed by atoms with Gasteiger partial charge in [-0.15, -0.1) is 0 Å². The fourth-order valence-electron chi connectivity index (χ4n) is 1.48. The molecule has 0 rings (SSSR count). The fourth-order valence-corrected chi connectivity index (χ4v) is 3.23. The first-order valence-electron chi connectivity index (χ1n) is 7.49. The molecule has 7 heteroatoms. The predicted octanol–water partition coefficient (Wildman–Crippen LogP) is 0.331. The van der Waals surface area contributed by atoms with Crippen molar-refractivity contribution in [1.82, 2.24) is 21.3 Å². The SMILES string of the molecule is CCNCCNCCNCCNCCCSSCC.O. The molecular weight excluding hydrogens is 292 g/mol. The molecule has 0 atom stereocenters. The Bertz CT molecular complexity index is 151. The van der Waals surface area contributed by atoms with Gasteiger partial charge in [0.05, 0.1) is 0 Å². The van der Waals surface area contributed by atoms with Crippen molar-refractivity contribution in [1.29, 1.82) is 0 Å². The maximum absolute atomic E-state index is 3.47. The van der Waals surface area contributed by atoms with Gasteiger partial charge in [0.25, 0.3) is 0 Å². The molecule has 0 fully saturated rings. The van der Waals surface area contributed by atoms with E-state index < -0.39 is 0 Å². The predicted molar refractivity (Wildman–Crippen MR) is 96.0 cm³/mol. The first kappa shape index (κ1) is 22.8. The molecule has 0 saturated heterocycles. The Morgan fingerprint density at radius 2 is 1.15 bits per heavy atom. The summed E-state index contributed by atoms with van der Waals surface area (Å²) in [5.74, 6) is 2.47. The van der Waals surface area contributed by atoms with Crippen molar-refractivity contribution >= 4 is 21.6 Å². The van der Waals surface area contributed by atoms with E-state index in [2.05, 4.69) is 35.1 Å². The second-order valence-electron chi connectivity index (χ2n) is 4.19. The molecule has 0 aromatic heterocycles. The molecule has 0 amide bonds. The van der Waals surface area contributed by atoms with Crippen molar-refractivity contribution in [2.75, 3.05) is 63.9 Å². The zero-order valence-corrected chi connectivity index (χ0v) is 14.7. The molecule has 6 N–H and O–H groups in total. The van der Waals surface area contributed by atoms with Crippen molar-refractivity contribution in [2.24, 2.45) is 0 Å². The smallest absolute Gasteiger partial charge is 0.00772 e. The highest BCUT2D eigenvalue weighted by Gasteiger charge is 1.91. The van der Waals surface area contributed by atoms with E-state index in [1.807, 2.05) is 21.6 Å². The summed E-state index contributed by atoms with van der Waals surface area (Å²) in [6.07, 6.45) is 1.27. The van der Waals surface area contributed by atoms with Gasteiger partial charge in [0.2, 0.25) is 0 Å². The summed E-state index contributed by atoms with van der Waals surface area (Å²) in [6, 6.07) is 0. The van der Waals surface area contributed by atoms with Crippen LogP contribution in [0.5, 0.6) is 0 Å². The van der Waals surface area contributed by atoms with Crippen LogP contribution in [0, 0.1) is 0 Å². The first-order valence-corrected chi connectivity index (χ1v) is 9.97. The average molecular weight is 327 g/mol. The molecule has 0 heterocycles. The molecule has 0 aliphatic rings. The van der Waals surface area contributed by atoms with Crippen molar-refractivity contribution in [3.05, 3.63) is 0 Å². The summed E-state index contributed by atoms with van der Waals surface area (Å²) in [5, 5.41) is 13.6. The van der Waals surface area contributed by atoms with Crippen LogP contribution in [0.2, 0.25) is 0 Å². The zero-order valence-electron chi connectivity index (χ0n) is 13.1. The van der Waals surface area contributed by atoms with Crippen molar-refractivity contribution in [2.45, 2.75) is 20.3 Å². The number of likely N-dealkylation sites (N-methyl/N-ethyl adjacent to an activating group) is 1. The fraction of sp³-hybridized carbons (Fsp3) is 1.00. The van der Waals surface area contributed by atoms with E-state index in [9.17, 15) is 0 Å². The summed E-state index contributed by atoms with van der Waals surface area (Å²) >= 11 is 0. The van der Waals surface area contributed by atoms with Crippen molar-refractivity contribution in [3.63, 3.8) is 0 Å². The van der Waals surface area contributed by atoms with Gasteiger partial charge in [0.15, 0.2) is 0 Å². The lowest BCUT2D eigenvalue weighted by Gasteiger charge is -2.08. The Labute approximate surface area is 132 Å². The van der Waals surface area contributed by atoms with E-state index in [0.717, 1.165) is 52.4 Å². The second kappa shape index (κ2) is 21.8. The van der Waals surface area contributed by atoms with Crippen LogP contribution in [0.15, 0.2) is 0 Å². The minimum Gasteiger partial charge on any atom is -0.412 e. The van der Waals surface area contributed by atoms with Crippen LogP contribution in [0.4, 0.5) is 0 Å². The van der Waals surface area contributed by atoms with Gasteiger partial charge in [-0.25, -0.2) is 0 Å². The minimum absolute atomic E-state index is 0. The summed E-state index contributed by atoms with van der Waals surface area (Å²) in [4.78, 5) is 0. The van der Waals surface area contributed by atoms with Crippen molar-refractivity contribution < 1.29 is 5.48 Å². The summed E-state index contributed by atoms with van der Waals surface area (Å²) < 4.78 is 0. The third-order valence-corrected chi connectivity index (χ3v) is 5.03. The van der Waals surface area contributed by atoms with E-state index >= 15 is 0 Å². The minimum atomic E-state index is 0. The van der Waals surface area contributed by atoms with Crippen LogP contribution >= 0.6 is 21.6 Å². The summed E-state index contributed by atoms with van der Waals surface area (Å²) in [6.45, 7) is 12.9. The lowest BCUT2D eigenvalue weighted by atomic mass is 10.4. The highest BCUT2D eigenvalue weighted by atomic mass is 33.1. The molecule has 0 unspecified atom stereocenters. The van der Waals surface area contributed by atoms with Gasteiger partial charge in [-0.1, -0.05) is 35.4 Å². The van der Waals surface area contributed by atoms with Gasteiger partial charge >= 0.3 is 0 Å². The summed E-state index contributed by atoms with van der Waals surface area (Å²) in [7, 11) is 3.94. The van der Waals surface area contributed by atoms with Gasteiger partial charge < -0.3 is 26.7 Å². The van der Waals surface area contributed by atoms with Crippen LogP contribution in [-0.4, -0.2) is 69.3 Å².